The fraction of sp³-hybridized carbons (Fsp3) is 0.412. The van der Waals surface area contributed by atoms with Gasteiger partial charge < -0.3 is 14.8 Å². The van der Waals surface area contributed by atoms with Gasteiger partial charge in [0, 0.05) is 37.8 Å². The Labute approximate surface area is 132 Å². The zero-order valence-electron chi connectivity index (χ0n) is 14.3. The minimum absolute atomic E-state index is 0.344. The highest BCUT2D eigenvalue weighted by Crippen LogP contribution is 2.31. The molecule has 0 radical (unpaired) electrons. The lowest BCUT2D eigenvalue weighted by atomic mass is 10.1. The summed E-state index contributed by atoms with van der Waals surface area (Å²) in [5.74, 6) is -0.344. The van der Waals surface area contributed by atoms with Crippen molar-refractivity contribution in [3.05, 3.63) is 42.5 Å². The average molecular weight is 302 g/mol. The number of piperidine rings is 1. The first-order chi connectivity index (χ1) is 11.6. The van der Waals surface area contributed by atoms with Gasteiger partial charge in [0.1, 0.15) is 5.82 Å². The maximum absolute atomic E-state index is 14.7. The van der Waals surface area contributed by atoms with Gasteiger partial charge in [-0.3, -0.25) is 5.32 Å². The summed E-state index contributed by atoms with van der Waals surface area (Å²) in [5, 5.41) is 7.08. The molecule has 22 heavy (non-hydrogen) atoms. The Balaban J connectivity index is 1.72. The van der Waals surface area contributed by atoms with Crippen LogP contribution < -0.4 is 15.5 Å². The van der Waals surface area contributed by atoms with E-state index in [1.165, 1.54) is 4.90 Å². The number of anilines is 1. The van der Waals surface area contributed by atoms with Gasteiger partial charge in [-0.15, -0.1) is 0 Å². The van der Waals surface area contributed by atoms with Crippen molar-refractivity contribution in [2.24, 2.45) is 0 Å². The van der Waals surface area contributed by atoms with Crippen molar-refractivity contribution >= 4 is 16.6 Å². The minimum Gasteiger partial charge on any atom is -0.344 e. The highest BCUT2D eigenvalue weighted by molar-refractivity contribution is 5.84. The molecule has 0 saturated carbocycles. The quantitative estimate of drug-likeness (QED) is 0.894. The van der Waals surface area contributed by atoms with E-state index in [1.54, 1.807) is 24.4 Å². The molecule has 116 valence electrons. The fourth-order valence-electron chi connectivity index (χ4n) is 3.27. The van der Waals surface area contributed by atoms with Crippen LogP contribution >= 0.6 is 0 Å². The second-order valence-electron chi connectivity index (χ2n) is 5.78. The highest BCUT2D eigenvalue weighted by atomic mass is 19.1. The maximum atomic E-state index is 14.7. The fourth-order valence-corrected chi connectivity index (χ4v) is 3.27. The Hall–Kier alpha value is -1.85. The molecule has 2 aliphatic rings. The Bertz CT molecular complexity index is 769. The summed E-state index contributed by atoms with van der Waals surface area (Å²) in [6.45, 7) is 0.487. The third-order valence-corrected chi connectivity index (χ3v) is 4.42. The van der Waals surface area contributed by atoms with Crippen LogP contribution in [0.2, 0.25) is 0 Å². The molecule has 2 atom stereocenters. The normalized spacial score (nSPS) is 28.0. The number of halogens is 1. The molecule has 0 amide bonds. The molecule has 2 unspecified atom stereocenters. The largest absolute Gasteiger partial charge is 0.344 e. The molecule has 2 aromatic rings. The van der Waals surface area contributed by atoms with Crippen LogP contribution in [0.4, 0.5) is 10.1 Å². The Morgan fingerprint density at radius 2 is 2.09 bits per heavy atom. The van der Waals surface area contributed by atoms with Crippen molar-refractivity contribution in [1.82, 2.24) is 15.2 Å². The van der Waals surface area contributed by atoms with Crippen molar-refractivity contribution in [2.45, 2.75) is 18.9 Å². The second kappa shape index (κ2) is 5.74. The second-order valence-corrected chi connectivity index (χ2v) is 5.78. The Morgan fingerprint density at radius 1 is 1.23 bits per heavy atom. The number of fused-ring (bicyclic) bond motifs is 1. The summed E-state index contributed by atoms with van der Waals surface area (Å²) in [4.78, 5) is 1.52. The zero-order chi connectivity index (χ0) is 16.7. The SMILES string of the molecule is [2H]C1C=CN(c2cc3ccn(C4CCNCC4)c3cc2F)C([2H])N1. The molecule has 2 aliphatic heterocycles. The van der Waals surface area contributed by atoms with E-state index in [2.05, 4.69) is 15.2 Å². The van der Waals surface area contributed by atoms with Crippen molar-refractivity contribution in [2.75, 3.05) is 31.2 Å². The molecule has 1 aromatic carbocycles. The molecule has 1 saturated heterocycles. The van der Waals surface area contributed by atoms with Gasteiger partial charge in [-0.1, -0.05) is 6.08 Å². The van der Waals surface area contributed by atoms with Crippen LogP contribution in [-0.4, -0.2) is 30.8 Å². The topological polar surface area (TPSA) is 32.2 Å². The van der Waals surface area contributed by atoms with E-state index in [0.29, 0.717) is 11.7 Å². The monoisotopic (exact) mass is 302 g/mol. The first kappa shape index (κ1) is 11.7. The highest BCUT2D eigenvalue weighted by Gasteiger charge is 2.19. The molecule has 2 N–H and O–H groups in total. The summed E-state index contributed by atoms with van der Waals surface area (Å²) < 4.78 is 32.6. The van der Waals surface area contributed by atoms with Gasteiger partial charge in [0.15, 0.2) is 0 Å². The lowest BCUT2D eigenvalue weighted by Crippen LogP contribution is -2.34. The average Bonchev–Trinajstić information content (AvgIpc) is 2.98. The van der Waals surface area contributed by atoms with E-state index in [0.717, 1.165) is 36.8 Å². The van der Waals surface area contributed by atoms with E-state index >= 15 is 0 Å². The van der Waals surface area contributed by atoms with Gasteiger partial charge in [0.2, 0.25) is 0 Å². The number of hydrogen-bond donors (Lipinski definition) is 2. The zero-order valence-corrected chi connectivity index (χ0v) is 12.3. The molecule has 1 aromatic heterocycles. The van der Waals surface area contributed by atoms with Crippen LogP contribution in [0.5, 0.6) is 0 Å². The summed E-state index contributed by atoms with van der Waals surface area (Å²) in [6.07, 6.45) is 7.35. The number of hydrogen-bond acceptors (Lipinski definition) is 3. The molecular weight excluding hydrogens is 279 g/mol. The number of benzene rings is 1. The van der Waals surface area contributed by atoms with Crippen molar-refractivity contribution in [1.29, 1.82) is 0 Å². The molecule has 0 bridgehead atoms. The van der Waals surface area contributed by atoms with E-state index in [4.69, 9.17) is 2.74 Å². The van der Waals surface area contributed by atoms with E-state index in [1.807, 2.05) is 12.3 Å². The van der Waals surface area contributed by atoms with Gasteiger partial charge in [-0.25, -0.2) is 4.39 Å². The smallest absolute Gasteiger partial charge is 0.148 e. The number of nitrogens with one attached hydrogen (secondary N) is 2. The molecule has 0 aliphatic carbocycles. The molecule has 3 heterocycles. The Morgan fingerprint density at radius 3 is 2.91 bits per heavy atom. The lowest BCUT2D eigenvalue weighted by molar-refractivity contribution is 0.376. The van der Waals surface area contributed by atoms with Crippen LogP contribution in [0, 0.1) is 5.82 Å². The predicted molar refractivity (Wildman–Crippen MR) is 87.5 cm³/mol. The van der Waals surface area contributed by atoms with E-state index in [9.17, 15) is 4.39 Å². The molecule has 4 nitrogen and oxygen atoms in total. The first-order valence-electron chi connectivity index (χ1n) is 8.87. The van der Waals surface area contributed by atoms with E-state index < -0.39 is 13.2 Å². The first-order valence-corrected chi connectivity index (χ1v) is 7.71. The Kier molecular flexibility index (Phi) is 3.05. The summed E-state index contributed by atoms with van der Waals surface area (Å²) >= 11 is 0. The maximum Gasteiger partial charge on any atom is 0.148 e. The van der Waals surface area contributed by atoms with Crippen molar-refractivity contribution in [3.63, 3.8) is 0 Å². The summed E-state index contributed by atoms with van der Waals surface area (Å²) in [7, 11) is 0. The summed E-state index contributed by atoms with van der Waals surface area (Å²) in [5.41, 5.74) is 1.26. The van der Waals surface area contributed by atoms with Gasteiger partial charge in [-0.2, -0.15) is 0 Å². The van der Waals surface area contributed by atoms with Crippen LogP contribution in [0.3, 0.4) is 0 Å². The molecule has 5 heteroatoms. The van der Waals surface area contributed by atoms with Gasteiger partial charge >= 0.3 is 0 Å². The summed E-state index contributed by atoms with van der Waals surface area (Å²) in [6, 6.07) is 5.77. The number of rotatable bonds is 2. The molecular formula is C17H21FN4. The lowest BCUT2D eigenvalue weighted by Gasteiger charge is -2.26. The standard InChI is InChI=1S/C17H21FN4/c18-15-11-16-13(10-17(15)21-8-1-5-20-12-21)4-9-22(16)14-2-6-19-7-3-14/h1,4,8-11,14,19-20H,2-3,5-7,12H2/i5D,12D. The van der Waals surface area contributed by atoms with Gasteiger partial charge in [-0.05, 0) is 38.1 Å². The predicted octanol–water partition coefficient (Wildman–Crippen LogP) is 2.59. The van der Waals surface area contributed by atoms with Gasteiger partial charge in [0.05, 0.1) is 19.2 Å². The van der Waals surface area contributed by atoms with E-state index in [-0.39, 0.29) is 5.82 Å². The van der Waals surface area contributed by atoms with Crippen LogP contribution in [0.25, 0.3) is 10.9 Å². The molecule has 4 rings (SSSR count). The third kappa shape index (κ3) is 2.40. The molecule has 1 fully saturated rings. The number of aromatic nitrogens is 1. The van der Waals surface area contributed by atoms with Crippen LogP contribution in [-0.2, 0) is 0 Å². The minimum atomic E-state index is -0.865. The van der Waals surface area contributed by atoms with Crippen LogP contribution in [0.1, 0.15) is 21.6 Å². The van der Waals surface area contributed by atoms with Crippen molar-refractivity contribution < 1.29 is 7.13 Å². The van der Waals surface area contributed by atoms with Gasteiger partial charge in [0.25, 0.3) is 0 Å². The van der Waals surface area contributed by atoms with Crippen LogP contribution in [0.15, 0.2) is 36.7 Å². The third-order valence-electron chi connectivity index (χ3n) is 4.42. The number of nitrogens with zero attached hydrogens (tertiary/aromatic N) is 2. The molecule has 0 spiro atoms. The van der Waals surface area contributed by atoms with Crippen molar-refractivity contribution in [3.8, 4) is 0 Å².